The Kier molecular flexibility index (Phi) is 6.23. The van der Waals surface area contributed by atoms with Gasteiger partial charge in [0.1, 0.15) is 17.2 Å². The first-order chi connectivity index (χ1) is 17.0. The molecule has 10 heteroatoms. The first-order valence-corrected chi connectivity index (χ1v) is 11.7. The van der Waals surface area contributed by atoms with Crippen molar-refractivity contribution in [2.24, 2.45) is 0 Å². The van der Waals surface area contributed by atoms with Gasteiger partial charge in [-0.3, -0.25) is 9.59 Å². The predicted octanol–water partition coefficient (Wildman–Crippen LogP) is 5.33. The normalized spacial score (nSPS) is 13.9. The quantitative estimate of drug-likeness (QED) is 0.182. The zero-order valence-electron chi connectivity index (χ0n) is 18.3. The van der Waals surface area contributed by atoms with Gasteiger partial charge in [0, 0.05) is 54.1 Å². The second-order valence-corrected chi connectivity index (χ2v) is 9.06. The summed E-state index contributed by atoms with van der Waals surface area (Å²) >= 11 is 1.23. The van der Waals surface area contributed by atoms with Crippen LogP contribution >= 0.6 is 12.1 Å². The zero-order chi connectivity index (χ0) is 24.5. The fraction of sp³-hybridized carbons (Fsp3) is 0.160. The number of fused-ring (bicyclic) bond motifs is 1. The van der Waals surface area contributed by atoms with E-state index in [1.807, 2.05) is 4.31 Å². The lowest BCUT2D eigenvalue weighted by atomic mass is 9.99. The lowest BCUT2D eigenvalue weighted by molar-refractivity contribution is 0.103. The monoisotopic (exact) mass is 494 g/mol. The molecule has 178 valence electrons. The molecule has 1 aliphatic rings. The number of phenols is 1. The molecule has 5 rings (SSSR count). The molecule has 0 saturated carbocycles. The van der Waals surface area contributed by atoms with E-state index in [9.17, 15) is 19.1 Å². The van der Waals surface area contributed by atoms with Crippen molar-refractivity contribution >= 4 is 40.9 Å². The molecular formula is C25H20F2N4O3S. The summed E-state index contributed by atoms with van der Waals surface area (Å²) in [7, 11) is 0. The number of phenolic OH excluding ortho intramolecular Hbond substituents is 1. The van der Waals surface area contributed by atoms with E-state index in [1.165, 1.54) is 42.7 Å². The number of hydrogen-bond acceptors (Lipinski definition) is 7. The van der Waals surface area contributed by atoms with Gasteiger partial charge < -0.3 is 14.8 Å². The third kappa shape index (κ3) is 4.38. The smallest absolute Gasteiger partial charge is 0.201 e. The Hall–Kier alpha value is -3.76. The van der Waals surface area contributed by atoms with Gasteiger partial charge in [-0.25, -0.2) is 18.1 Å². The summed E-state index contributed by atoms with van der Waals surface area (Å²) in [6, 6.07) is 8.49. The van der Waals surface area contributed by atoms with Crippen LogP contribution in [0.2, 0.25) is 0 Å². The number of rotatable bonds is 7. The predicted molar refractivity (Wildman–Crippen MR) is 130 cm³/mol. The number of anilines is 1. The van der Waals surface area contributed by atoms with Crippen LogP contribution in [-0.4, -0.2) is 44.5 Å². The van der Waals surface area contributed by atoms with Crippen molar-refractivity contribution in [3.63, 3.8) is 0 Å². The van der Waals surface area contributed by atoms with Gasteiger partial charge >= 0.3 is 0 Å². The number of ketones is 1. The second kappa shape index (κ2) is 9.47. The van der Waals surface area contributed by atoms with E-state index in [-0.39, 0.29) is 22.6 Å². The number of benzene rings is 2. The molecule has 1 aliphatic heterocycles. The highest BCUT2D eigenvalue weighted by Gasteiger charge is 2.25. The number of hydrogen-bond donors (Lipinski definition) is 3. The minimum atomic E-state index is -0.963. The molecule has 7 nitrogen and oxygen atoms in total. The third-order valence-electron chi connectivity index (χ3n) is 5.93. The summed E-state index contributed by atoms with van der Waals surface area (Å²) in [6.07, 6.45) is 5.56. The maximum Gasteiger partial charge on any atom is 0.201 e. The van der Waals surface area contributed by atoms with Crippen molar-refractivity contribution in [1.82, 2.24) is 14.3 Å². The van der Waals surface area contributed by atoms with Crippen molar-refractivity contribution in [3.8, 4) is 16.9 Å². The average Bonchev–Trinajstić information content (AvgIpc) is 3.53. The number of H-pyrrole nitrogens is 1. The number of nitrogens with zero attached hydrogens (tertiary/aromatic N) is 2. The highest BCUT2D eigenvalue weighted by atomic mass is 32.2. The summed E-state index contributed by atoms with van der Waals surface area (Å²) in [6.45, 7) is 1.74. The molecule has 35 heavy (non-hydrogen) atoms. The van der Waals surface area contributed by atoms with Gasteiger partial charge in [0.05, 0.1) is 16.8 Å². The number of nitrogens with one attached hydrogen (secondary N) is 2. The van der Waals surface area contributed by atoms with Gasteiger partial charge in [-0.2, -0.15) is 0 Å². The highest BCUT2D eigenvalue weighted by Crippen LogP contribution is 2.32. The minimum Gasteiger partial charge on any atom is -0.507 e. The van der Waals surface area contributed by atoms with E-state index >= 15 is 4.39 Å². The van der Waals surface area contributed by atoms with Gasteiger partial charge in [0.15, 0.2) is 12.1 Å². The van der Waals surface area contributed by atoms with E-state index in [4.69, 9.17) is 0 Å². The number of halogens is 2. The van der Waals surface area contributed by atoms with Gasteiger partial charge in [0.2, 0.25) is 5.78 Å². The number of aromatic hydroxyl groups is 1. The summed E-state index contributed by atoms with van der Waals surface area (Å²) in [5.74, 6) is -2.94. The average molecular weight is 495 g/mol. The van der Waals surface area contributed by atoms with Gasteiger partial charge in [0.25, 0.3) is 0 Å². The van der Waals surface area contributed by atoms with Crippen molar-refractivity contribution in [3.05, 3.63) is 77.1 Å². The molecule has 4 aromatic rings. The lowest BCUT2D eigenvalue weighted by Gasteiger charge is -2.15. The Labute approximate surface area is 203 Å². The standard InChI is InChI=1S/C25H20F2N4O3S/c26-19-5-6-20(30-35-31-7-1-2-8-31)23(27)22(19)24(34)18-12-29-25-17(18)9-16(11-28-25)14-3-4-15(13-32)21(33)10-14/h3-6,9-13,30,33H,1-2,7-8H2,(H,28,29). The second-order valence-electron chi connectivity index (χ2n) is 8.16. The summed E-state index contributed by atoms with van der Waals surface area (Å²) in [5, 5.41) is 10.4. The van der Waals surface area contributed by atoms with Crippen LogP contribution in [0, 0.1) is 11.6 Å². The fourth-order valence-corrected chi connectivity index (χ4v) is 4.87. The van der Waals surface area contributed by atoms with Crippen LogP contribution in [0.15, 0.2) is 48.8 Å². The van der Waals surface area contributed by atoms with E-state index in [0.29, 0.717) is 28.4 Å². The van der Waals surface area contributed by atoms with Crippen LogP contribution in [0.4, 0.5) is 14.5 Å². The molecule has 0 aliphatic carbocycles. The summed E-state index contributed by atoms with van der Waals surface area (Å²) in [4.78, 5) is 31.4. The van der Waals surface area contributed by atoms with Crippen molar-refractivity contribution < 1.29 is 23.5 Å². The Morgan fingerprint density at radius 3 is 2.69 bits per heavy atom. The molecule has 0 atom stereocenters. The van der Waals surface area contributed by atoms with Crippen LogP contribution in [-0.2, 0) is 0 Å². The molecule has 0 spiro atoms. The van der Waals surface area contributed by atoms with E-state index in [2.05, 4.69) is 14.7 Å². The minimum absolute atomic E-state index is 0.0241. The number of aromatic amines is 1. The van der Waals surface area contributed by atoms with Crippen molar-refractivity contribution in [2.45, 2.75) is 12.8 Å². The summed E-state index contributed by atoms with van der Waals surface area (Å²) < 4.78 is 34.9. The largest absolute Gasteiger partial charge is 0.507 e. The zero-order valence-corrected chi connectivity index (χ0v) is 19.2. The lowest BCUT2D eigenvalue weighted by Crippen LogP contribution is -2.14. The molecule has 1 saturated heterocycles. The summed E-state index contributed by atoms with van der Waals surface area (Å²) in [5.41, 5.74) is 1.05. The molecule has 3 heterocycles. The van der Waals surface area contributed by atoms with Crippen molar-refractivity contribution in [1.29, 1.82) is 0 Å². The first-order valence-electron chi connectivity index (χ1n) is 10.9. The molecule has 0 amide bonds. The molecule has 0 unspecified atom stereocenters. The Morgan fingerprint density at radius 1 is 1.14 bits per heavy atom. The molecule has 1 fully saturated rings. The molecule has 2 aromatic carbocycles. The molecule has 0 radical (unpaired) electrons. The maximum atomic E-state index is 15.3. The number of carbonyl (C=O) groups excluding carboxylic acids is 2. The van der Waals surface area contributed by atoms with Gasteiger partial charge in [-0.05, 0) is 48.7 Å². The number of carbonyl (C=O) groups is 2. The third-order valence-corrected chi connectivity index (χ3v) is 6.87. The highest BCUT2D eigenvalue weighted by molar-refractivity contribution is 7.98. The van der Waals surface area contributed by atoms with Crippen molar-refractivity contribution in [2.75, 3.05) is 17.8 Å². The fourth-order valence-electron chi connectivity index (χ4n) is 4.04. The van der Waals surface area contributed by atoms with E-state index in [1.54, 1.807) is 12.1 Å². The molecule has 2 aromatic heterocycles. The van der Waals surface area contributed by atoms with Gasteiger partial charge in [-0.15, -0.1) is 0 Å². The number of aldehydes is 1. The number of pyridine rings is 1. The number of aromatic nitrogens is 2. The first kappa shape index (κ1) is 23.0. The van der Waals surface area contributed by atoms with Crippen LogP contribution in [0.5, 0.6) is 5.75 Å². The SMILES string of the molecule is O=Cc1ccc(-c2cnc3[nH]cc(C(=O)c4c(F)ccc(NSN5CCCC5)c4F)c3c2)cc1O. The topological polar surface area (TPSA) is 98.3 Å². The van der Waals surface area contributed by atoms with Crippen LogP contribution < -0.4 is 4.72 Å². The van der Waals surface area contributed by atoms with E-state index in [0.717, 1.165) is 32.0 Å². The maximum absolute atomic E-state index is 15.3. The molecular weight excluding hydrogens is 474 g/mol. The molecule has 0 bridgehead atoms. The van der Waals surface area contributed by atoms with E-state index < -0.39 is 23.0 Å². The van der Waals surface area contributed by atoms with Crippen LogP contribution in [0.3, 0.4) is 0 Å². The Morgan fingerprint density at radius 2 is 1.94 bits per heavy atom. The van der Waals surface area contributed by atoms with Crippen LogP contribution in [0.1, 0.15) is 39.1 Å². The van der Waals surface area contributed by atoms with Crippen LogP contribution in [0.25, 0.3) is 22.2 Å². The Bertz CT molecular complexity index is 1450. The molecule has 3 N–H and O–H groups in total. The Balaban J connectivity index is 1.50. The van der Waals surface area contributed by atoms with Gasteiger partial charge in [-0.1, -0.05) is 6.07 Å².